The van der Waals surface area contributed by atoms with Crippen molar-refractivity contribution < 1.29 is 13.5 Å². The Morgan fingerprint density at radius 1 is 1.20 bits per heavy atom. The summed E-state index contributed by atoms with van der Waals surface area (Å²) in [4.78, 5) is 11.8. The average molecular weight is 437 g/mol. The molecule has 2 N–H and O–H groups in total. The number of aliphatic hydroxyl groups is 1. The second-order valence-corrected chi connectivity index (χ2v) is 10.7. The molecule has 1 unspecified atom stereocenters. The summed E-state index contributed by atoms with van der Waals surface area (Å²) in [7, 11) is -3.41. The summed E-state index contributed by atoms with van der Waals surface area (Å²) in [5, 5.41) is 10.00. The van der Waals surface area contributed by atoms with E-state index in [1.807, 2.05) is 30.4 Å². The van der Waals surface area contributed by atoms with E-state index in [0.717, 1.165) is 68.1 Å². The topological polar surface area (TPSA) is 99.2 Å². The zero-order valence-electron chi connectivity index (χ0n) is 18.3. The lowest BCUT2D eigenvalue weighted by Crippen LogP contribution is -2.47. The van der Waals surface area contributed by atoms with Gasteiger partial charge in [0.05, 0.1) is 10.9 Å². The normalized spacial score (nSPS) is 16.9. The Morgan fingerprint density at radius 2 is 2.00 bits per heavy atom. The maximum atomic E-state index is 13.5. The van der Waals surface area contributed by atoms with Gasteiger partial charge in [0.2, 0.25) is 10.0 Å². The van der Waals surface area contributed by atoms with Crippen LogP contribution in [0.15, 0.2) is 18.6 Å². The zero-order valence-corrected chi connectivity index (χ0v) is 19.1. The van der Waals surface area contributed by atoms with Crippen LogP contribution in [0.2, 0.25) is 0 Å². The van der Waals surface area contributed by atoms with Crippen LogP contribution in [0.5, 0.6) is 0 Å². The second-order valence-electron chi connectivity index (χ2n) is 8.53. The van der Waals surface area contributed by atoms with Crippen molar-refractivity contribution in [1.82, 2.24) is 19.3 Å². The highest BCUT2D eigenvalue weighted by atomic mass is 32.2. The number of fused-ring (bicyclic) bond motifs is 1. The zero-order chi connectivity index (χ0) is 21.6. The second kappa shape index (κ2) is 10.2. The number of aliphatic hydroxyl groups excluding tert-OH is 1. The van der Waals surface area contributed by atoms with Crippen molar-refractivity contribution in [2.45, 2.75) is 88.8 Å². The van der Waals surface area contributed by atoms with Crippen LogP contribution < -0.4 is 0 Å². The number of hydrogen-bond donors (Lipinski definition) is 2. The van der Waals surface area contributed by atoms with Gasteiger partial charge in [-0.1, -0.05) is 26.7 Å². The molecular formula is C22H36N4O3S. The first-order chi connectivity index (χ1) is 14.5. The lowest BCUT2D eigenvalue weighted by molar-refractivity contribution is 0.259. The van der Waals surface area contributed by atoms with Crippen LogP contribution >= 0.6 is 0 Å². The Bertz CT molecular complexity index is 902. The highest BCUT2D eigenvalue weighted by molar-refractivity contribution is 7.89. The van der Waals surface area contributed by atoms with E-state index in [0.29, 0.717) is 19.4 Å². The Kier molecular flexibility index (Phi) is 7.87. The Balaban J connectivity index is 1.64. The van der Waals surface area contributed by atoms with Crippen molar-refractivity contribution in [2.75, 3.05) is 13.2 Å². The van der Waals surface area contributed by atoms with Crippen molar-refractivity contribution in [1.29, 1.82) is 0 Å². The number of sulfonamides is 1. The molecule has 1 aliphatic rings. The summed E-state index contributed by atoms with van der Waals surface area (Å²) in [5.41, 5.74) is 1.70. The molecule has 1 atom stereocenters. The molecule has 2 heterocycles. The Morgan fingerprint density at radius 3 is 2.67 bits per heavy atom. The number of aromatic nitrogens is 3. The fourth-order valence-corrected chi connectivity index (χ4v) is 7.11. The standard InChI is InChI=1S/C22H36N4O3S/c1-3-7-18(10-16-27)30(28,29)26(15-4-2)22(12-13-22)11-6-5-8-20-19-9-14-23-21(19)25-17-24-20/h9,14,17-18,27H,3-8,10-13,15-16H2,1-2H3,(H,23,24,25). The fraction of sp³-hybridized carbons (Fsp3) is 0.727. The van der Waals surface area contributed by atoms with Crippen LogP contribution in [-0.4, -0.2) is 56.7 Å². The van der Waals surface area contributed by atoms with Crippen molar-refractivity contribution >= 4 is 21.1 Å². The Labute approximate surface area is 180 Å². The average Bonchev–Trinajstić information content (AvgIpc) is 3.34. The number of nitrogens with one attached hydrogen (secondary N) is 1. The molecule has 2 aromatic heterocycles. The van der Waals surface area contributed by atoms with Gasteiger partial charge < -0.3 is 10.1 Å². The van der Waals surface area contributed by atoms with Gasteiger partial charge in [-0.25, -0.2) is 18.4 Å². The molecule has 0 radical (unpaired) electrons. The van der Waals surface area contributed by atoms with Crippen molar-refractivity contribution in [2.24, 2.45) is 0 Å². The molecule has 1 saturated carbocycles. The number of rotatable bonds is 14. The van der Waals surface area contributed by atoms with E-state index in [-0.39, 0.29) is 12.1 Å². The van der Waals surface area contributed by atoms with Gasteiger partial charge in [-0.15, -0.1) is 0 Å². The van der Waals surface area contributed by atoms with Crippen molar-refractivity contribution in [3.05, 3.63) is 24.3 Å². The maximum Gasteiger partial charge on any atom is 0.217 e. The number of aromatic amines is 1. The van der Waals surface area contributed by atoms with Gasteiger partial charge in [0.25, 0.3) is 0 Å². The molecule has 0 spiro atoms. The number of aryl methyl sites for hydroxylation is 1. The van der Waals surface area contributed by atoms with E-state index in [1.165, 1.54) is 0 Å². The predicted molar refractivity (Wildman–Crippen MR) is 120 cm³/mol. The maximum absolute atomic E-state index is 13.5. The molecule has 1 aliphatic carbocycles. The molecule has 7 nitrogen and oxygen atoms in total. The molecule has 0 aliphatic heterocycles. The van der Waals surface area contributed by atoms with Crippen LogP contribution in [0.3, 0.4) is 0 Å². The van der Waals surface area contributed by atoms with Gasteiger partial charge in [-0.2, -0.15) is 4.31 Å². The summed E-state index contributed by atoms with van der Waals surface area (Å²) in [6.45, 7) is 4.54. The van der Waals surface area contributed by atoms with Crippen LogP contribution in [0.1, 0.15) is 77.3 Å². The van der Waals surface area contributed by atoms with E-state index in [1.54, 1.807) is 6.33 Å². The minimum atomic E-state index is -3.41. The van der Waals surface area contributed by atoms with Gasteiger partial charge in [0.15, 0.2) is 0 Å². The van der Waals surface area contributed by atoms with Crippen LogP contribution in [0.4, 0.5) is 0 Å². The number of nitrogens with zero attached hydrogens (tertiary/aromatic N) is 3. The lowest BCUT2D eigenvalue weighted by Gasteiger charge is -2.34. The van der Waals surface area contributed by atoms with E-state index >= 15 is 0 Å². The summed E-state index contributed by atoms with van der Waals surface area (Å²) in [6.07, 6.45) is 11.6. The van der Waals surface area contributed by atoms with Crippen LogP contribution in [0.25, 0.3) is 11.0 Å². The number of unbranched alkanes of at least 4 members (excludes halogenated alkanes) is 1. The number of hydrogen-bond acceptors (Lipinski definition) is 5. The van der Waals surface area contributed by atoms with Gasteiger partial charge in [-0.3, -0.25) is 0 Å². The minimum absolute atomic E-state index is 0.0799. The summed E-state index contributed by atoms with van der Waals surface area (Å²) >= 11 is 0. The first kappa shape index (κ1) is 23.2. The number of H-pyrrole nitrogens is 1. The third-order valence-electron chi connectivity index (χ3n) is 6.32. The summed E-state index contributed by atoms with van der Waals surface area (Å²) in [6, 6.07) is 2.01. The SMILES string of the molecule is CCCC(CCO)S(=O)(=O)N(CCC)C1(CCCCc2ncnc3[nH]ccc23)CC1. The molecule has 0 aromatic carbocycles. The molecule has 1 fully saturated rings. The third-order valence-corrected chi connectivity index (χ3v) is 8.81. The van der Waals surface area contributed by atoms with E-state index in [9.17, 15) is 13.5 Å². The minimum Gasteiger partial charge on any atom is -0.396 e. The Hall–Kier alpha value is -1.51. The van der Waals surface area contributed by atoms with Gasteiger partial charge in [0, 0.05) is 30.3 Å². The fourth-order valence-electron chi connectivity index (χ4n) is 4.57. The summed E-state index contributed by atoms with van der Waals surface area (Å²) in [5.74, 6) is 0. The highest BCUT2D eigenvalue weighted by Crippen LogP contribution is 2.48. The van der Waals surface area contributed by atoms with Gasteiger partial charge in [-0.05, 0) is 57.4 Å². The van der Waals surface area contributed by atoms with E-state index in [4.69, 9.17) is 0 Å². The highest BCUT2D eigenvalue weighted by Gasteiger charge is 2.52. The molecular weight excluding hydrogens is 400 g/mol. The first-order valence-electron chi connectivity index (χ1n) is 11.4. The van der Waals surface area contributed by atoms with E-state index < -0.39 is 15.3 Å². The van der Waals surface area contributed by atoms with Crippen LogP contribution in [-0.2, 0) is 16.4 Å². The molecule has 8 heteroatoms. The van der Waals surface area contributed by atoms with E-state index in [2.05, 4.69) is 15.0 Å². The third kappa shape index (κ3) is 5.03. The molecule has 30 heavy (non-hydrogen) atoms. The monoisotopic (exact) mass is 436 g/mol. The quantitative estimate of drug-likeness (QED) is 0.439. The first-order valence-corrected chi connectivity index (χ1v) is 12.9. The molecule has 2 aromatic rings. The molecule has 168 valence electrons. The largest absolute Gasteiger partial charge is 0.396 e. The lowest BCUT2D eigenvalue weighted by atomic mass is 10.0. The smallest absolute Gasteiger partial charge is 0.217 e. The predicted octanol–water partition coefficient (Wildman–Crippen LogP) is 3.80. The van der Waals surface area contributed by atoms with Crippen LogP contribution in [0, 0.1) is 0 Å². The van der Waals surface area contributed by atoms with Gasteiger partial charge in [0.1, 0.15) is 12.0 Å². The van der Waals surface area contributed by atoms with Crippen molar-refractivity contribution in [3.8, 4) is 0 Å². The molecule has 0 saturated heterocycles. The van der Waals surface area contributed by atoms with Gasteiger partial charge >= 0.3 is 0 Å². The summed E-state index contributed by atoms with van der Waals surface area (Å²) < 4.78 is 28.7. The molecule has 0 amide bonds. The van der Waals surface area contributed by atoms with Crippen molar-refractivity contribution in [3.63, 3.8) is 0 Å². The molecule has 0 bridgehead atoms. The molecule has 3 rings (SSSR count).